The molecule has 3 rings (SSSR count). The summed E-state index contributed by atoms with van der Waals surface area (Å²) in [7, 11) is 2.09. The molecule has 1 aromatic heterocycles. The monoisotopic (exact) mass is 274 g/mol. The smallest absolute Gasteiger partial charge is 0.0892 e. The van der Waals surface area contributed by atoms with Gasteiger partial charge in [0.05, 0.1) is 5.60 Å². The standard InChI is InChI=1S/C17H26N2O/c1-16(2)13(12-7-6-10-18-11-12)8-9-14-15(16)17(3,4)20-19(14)5/h6-7,10-11,13-15H,8-9H2,1-5H3. The first-order chi connectivity index (χ1) is 9.34. The van der Waals surface area contributed by atoms with Crippen LogP contribution in [0.1, 0.15) is 52.0 Å². The third-order valence-electron chi connectivity index (χ3n) is 5.52. The Morgan fingerprint density at radius 3 is 2.65 bits per heavy atom. The molecular formula is C17H26N2O. The number of hydroxylamine groups is 2. The van der Waals surface area contributed by atoms with Gasteiger partial charge in [-0.1, -0.05) is 19.9 Å². The minimum Gasteiger partial charge on any atom is -0.293 e. The second kappa shape index (κ2) is 4.54. The molecule has 110 valence electrons. The molecule has 3 heteroatoms. The molecular weight excluding hydrogens is 248 g/mol. The Labute approximate surface area is 122 Å². The van der Waals surface area contributed by atoms with Crippen LogP contribution in [0.2, 0.25) is 0 Å². The maximum absolute atomic E-state index is 6.13. The van der Waals surface area contributed by atoms with E-state index in [9.17, 15) is 0 Å². The lowest BCUT2D eigenvalue weighted by Crippen LogP contribution is -2.49. The van der Waals surface area contributed by atoms with Gasteiger partial charge < -0.3 is 0 Å². The van der Waals surface area contributed by atoms with Crippen LogP contribution in [-0.2, 0) is 4.84 Å². The van der Waals surface area contributed by atoms with Gasteiger partial charge in [0, 0.05) is 31.4 Å². The molecule has 2 aliphatic rings. The second-order valence-corrected chi connectivity index (χ2v) is 7.52. The Morgan fingerprint density at radius 2 is 2.00 bits per heavy atom. The van der Waals surface area contributed by atoms with Crippen molar-refractivity contribution in [3.8, 4) is 0 Å². The first kappa shape index (κ1) is 14.0. The quantitative estimate of drug-likeness (QED) is 0.782. The summed E-state index contributed by atoms with van der Waals surface area (Å²) in [6.45, 7) is 9.29. The van der Waals surface area contributed by atoms with Crippen LogP contribution in [0.15, 0.2) is 24.5 Å². The molecule has 3 nitrogen and oxygen atoms in total. The van der Waals surface area contributed by atoms with Gasteiger partial charge in [0.15, 0.2) is 0 Å². The van der Waals surface area contributed by atoms with E-state index in [0.717, 1.165) is 0 Å². The number of fused-ring (bicyclic) bond motifs is 1. The highest BCUT2D eigenvalue weighted by Gasteiger charge is 2.58. The van der Waals surface area contributed by atoms with Gasteiger partial charge in [-0.15, -0.1) is 0 Å². The summed E-state index contributed by atoms with van der Waals surface area (Å²) in [5.74, 6) is 1.10. The number of hydrogen-bond donors (Lipinski definition) is 0. The predicted octanol–water partition coefficient (Wildman–Crippen LogP) is 3.63. The lowest BCUT2D eigenvalue weighted by molar-refractivity contribution is -0.180. The summed E-state index contributed by atoms with van der Waals surface area (Å²) in [5, 5.41) is 2.10. The topological polar surface area (TPSA) is 25.4 Å². The van der Waals surface area contributed by atoms with Crippen LogP contribution in [0.25, 0.3) is 0 Å². The lowest BCUT2D eigenvalue weighted by Gasteiger charge is -2.49. The number of rotatable bonds is 1. The van der Waals surface area contributed by atoms with Crippen molar-refractivity contribution in [1.82, 2.24) is 10.0 Å². The summed E-state index contributed by atoms with van der Waals surface area (Å²) >= 11 is 0. The minimum absolute atomic E-state index is 0.0935. The zero-order chi connectivity index (χ0) is 14.5. The van der Waals surface area contributed by atoms with Gasteiger partial charge >= 0.3 is 0 Å². The van der Waals surface area contributed by atoms with Gasteiger partial charge in [-0.25, -0.2) is 0 Å². The summed E-state index contributed by atoms with van der Waals surface area (Å²) in [6, 6.07) is 4.82. The van der Waals surface area contributed by atoms with Crippen LogP contribution in [0.5, 0.6) is 0 Å². The fourth-order valence-corrected chi connectivity index (χ4v) is 5.01. The molecule has 20 heavy (non-hydrogen) atoms. The summed E-state index contributed by atoms with van der Waals surface area (Å²) in [6.07, 6.45) is 6.31. The van der Waals surface area contributed by atoms with E-state index in [-0.39, 0.29) is 11.0 Å². The molecule has 3 atom stereocenters. The molecule has 2 heterocycles. The van der Waals surface area contributed by atoms with Gasteiger partial charge in [0.25, 0.3) is 0 Å². The third-order valence-corrected chi connectivity index (χ3v) is 5.52. The zero-order valence-corrected chi connectivity index (χ0v) is 13.3. The normalized spacial score (nSPS) is 35.8. The third kappa shape index (κ3) is 1.99. The largest absolute Gasteiger partial charge is 0.293 e. The molecule has 0 radical (unpaired) electrons. The van der Waals surface area contributed by atoms with Crippen LogP contribution >= 0.6 is 0 Å². The molecule has 0 spiro atoms. The summed E-state index contributed by atoms with van der Waals surface area (Å²) in [4.78, 5) is 10.5. The van der Waals surface area contributed by atoms with Crippen molar-refractivity contribution in [1.29, 1.82) is 0 Å². The van der Waals surface area contributed by atoms with Gasteiger partial charge in [-0.2, -0.15) is 5.06 Å². The van der Waals surface area contributed by atoms with E-state index < -0.39 is 0 Å². The van der Waals surface area contributed by atoms with Crippen LogP contribution in [0, 0.1) is 11.3 Å². The zero-order valence-electron chi connectivity index (χ0n) is 13.3. The van der Waals surface area contributed by atoms with Crippen LogP contribution in [0.4, 0.5) is 0 Å². The van der Waals surface area contributed by atoms with E-state index in [0.29, 0.717) is 17.9 Å². The number of hydrogen-bond acceptors (Lipinski definition) is 3. The average molecular weight is 274 g/mol. The average Bonchev–Trinajstić information content (AvgIpc) is 2.61. The van der Waals surface area contributed by atoms with Crippen molar-refractivity contribution in [3.63, 3.8) is 0 Å². The van der Waals surface area contributed by atoms with Crippen molar-refractivity contribution in [2.75, 3.05) is 7.05 Å². The fraction of sp³-hybridized carbons (Fsp3) is 0.706. The highest BCUT2D eigenvalue weighted by atomic mass is 16.7. The van der Waals surface area contributed by atoms with E-state index in [4.69, 9.17) is 4.84 Å². The summed E-state index contributed by atoms with van der Waals surface area (Å²) < 4.78 is 0. The van der Waals surface area contributed by atoms with Gasteiger partial charge in [0.1, 0.15) is 0 Å². The number of aromatic nitrogens is 1. The van der Waals surface area contributed by atoms with E-state index in [1.54, 1.807) is 0 Å². The van der Waals surface area contributed by atoms with Crippen molar-refractivity contribution in [3.05, 3.63) is 30.1 Å². The molecule has 0 bridgehead atoms. The number of nitrogens with zero attached hydrogens (tertiary/aromatic N) is 2. The Hall–Kier alpha value is -0.930. The molecule has 0 N–H and O–H groups in total. The van der Waals surface area contributed by atoms with E-state index in [2.05, 4.69) is 56.9 Å². The second-order valence-electron chi connectivity index (χ2n) is 7.52. The van der Waals surface area contributed by atoms with Gasteiger partial charge in [-0.05, 0) is 49.7 Å². The molecule has 3 unspecified atom stereocenters. The Morgan fingerprint density at radius 1 is 1.25 bits per heavy atom. The molecule has 0 amide bonds. The highest BCUT2D eigenvalue weighted by Crippen LogP contribution is 2.58. The molecule has 1 aromatic rings. The van der Waals surface area contributed by atoms with Gasteiger partial charge in [-0.3, -0.25) is 9.82 Å². The maximum atomic E-state index is 6.13. The van der Waals surface area contributed by atoms with E-state index in [1.165, 1.54) is 18.4 Å². The maximum Gasteiger partial charge on any atom is 0.0892 e. The molecule has 1 aliphatic heterocycles. The number of pyridine rings is 1. The lowest BCUT2D eigenvalue weighted by atomic mass is 9.55. The van der Waals surface area contributed by atoms with Gasteiger partial charge in [0.2, 0.25) is 0 Å². The molecule has 2 fully saturated rings. The summed E-state index contributed by atoms with van der Waals surface area (Å²) in [5.41, 5.74) is 1.49. The predicted molar refractivity (Wildman–Crippen MR) is 80.2 cm³/mol. The SMILES string of the molecule is CN1OC(C)(C)C2C1CCC(c1cccnc1)C2(C)C. The highest BCUT2D eigenvalue weighted by molar-refractivity contribution is 5.22. The molecule has 1 saturated heterocycles. The molecule has 1 saturated carbocycles. The van der Waals surface area contributed by atoms with Crippen LogP contribution in [-0.4, -0.2) is 28.7 Å². The first-order valence-corrected chi connectivity index (χ1v) is 7.66. The van der Waals surface area contributed by atoms with Crippen molar-refractivity contribution < 1.29 is 4.84 Å². The molecule has 1 aliphatic carbocycles. The van der Waals surface area contributed by atoms with Crippen LogP contribution < -0.4 is 0 Å². The Bertz CT molecular complexity index is 483. The van der Waals surface area contributed by atoms with E-state index >= 15 is 0 Å². The first-order valence-electron chi connectivity index (χ1n) is 7.66. The Balaban J connectivity index is 1.98. The molecule has 0 aromatic carbocycles. The van der Waals surface area contributed by atoms with E-state index in [1.807, 2.05) is 12.4 Å². The van der Waals surface area contributed by atoms with Crippen molar-refractivity contribution in [2.24, 2.45) is 11.3 Å². The minimum atomic E-state index is -0.0935. The fourth-order valence-electron chi connectivity index (χ4n) is 5.01. The van der Waals surface area contributed by atoms with Crippen molar-refractivity contribution >= 4 is 0 Å². The van der Waals surface area contributed by atoms with Crippen molar-refractivity contribution in [2.45, 2.75) is 58.1 Å². The Kier molecular flexibility index (Phi) is 3.18. The van der Waals surface area contributed by atoms with Crippen LogP contribution in [0.3, 0.4) is 0 Å².